The number of aromatic nitrogens is 3. The highest BCUT2D eigenvalue weighted by Crippen LogP contribution is 2.32. The minimum atomic E-state index is 0.325. The molecule has 2 aliphatic rings. The fourth-order valence-electron chi connectivity index (χ4n) is 3.21. The lowest BCUT2D eigenvalue weighted by Gasteiger charge is -2.36. The number of carbonyl (C=O) groups is 1. The van der Waals surface area contributed by atoms with Crippen molar-refractivity contribution in [2.45, 2.75) is 57.9 Å². The molecule has 20 heavy (non-hydrogen) atoms. The molecule has 1 saturated carbocycles. The second-order valence-electron chi connectivity index (χ2n) is 6.42. The molecule has 0 aromatic carbocycles. The quantitative estimate of drug-likeness (QED) is 0.851. The maximum Gasteiger partial charge on any atom is 0.225 e. The van der Waals surface area contributed by atoms with Gasteiger partial charge < -0.3 is 9.47 Å². The minimum Gasteiger partial charge on any atom is -0.342 e. The zero-order chi connectivity index (χ0) is 14.1. The Labute approximate surface area is 120 Å². The smallest absolute Gasteiger partial charge is 0.225 e. The fraction of sp³-hybridized carbons (Fsp3) is 0.800. The Hall–Kier alpha value is -1.39. The second kappa shape index (κ2) is 5.54. The molecule has 1 amide bonds. The standard InChI is InChI=1S/C15H24N4O/c1-11(2)19-10-16-17-14(19)12-6-8-18(9-7-12)15(20)13-4-3-5-13/h10-13H,3-9H2,1-2H3. The number of hydrogen-bond acceptors (Lipinski definition) is 3. The third-order valence-corrected chi connectivity index (χ3v) is 4.78. The van der Waals surface area contributed by atoms with Gasteiger partial charge in [-0.3, -0.25) is 4.79 Å². The second-order valence-corrected chi connectivity index (χ2v) is 6.42. The normalized spacial score (nSPS) is 21.2. The van der Waals surface area contributed by atoms with Crippen LogP contribution in [-0.4, -0.2) is 38.7 Å². The lowest BCUT2D eigenvalue weighted by molar-refractivity contribution is -0.139. The van der Waals surface area contributed by atoms with E-state index in [1.165, 1.54) is 6.42 Å². The fourth-order valence-corrected chi connectivity index (χ4v) is 3.21. The third kappa shape index (κ3) is 2.45. The maximum absolute atomic E-state index is 12.2. The highest BCUT2D eigenvalue weighted by Gasteiger charge is 2.33. The van der Waals surface area contributed by atoms with Crippen molar-refractivity contribution < 1.29 is 4.79 Å². The topological polar surface area (TPSA) is 51.0 Å². The molecule has 0 atom stereocenters. The summed E-state index contributed by atoms with van der Waals surface area (Å²) in [4.78, 5) is 14.3. The molecule has 2 heterocycles. The predicted molar refractivity (Wildman–Crippen MR) is 76.3 cm³/mol. The lowest BCUT2D eigenvalue weighted by Crippen LogP contribution is -2.43. The van der Waals surface area contributed by atoms with Crippen LogP contribution in [0.1, 0.15) is 63.7 Å². The summed E-state index contributed by atoms with van der Waals surface area (Å²) >= 11 is 0. The van der Waals surface area contributed by atoms with E-state index in [0.29, 0.717) is 23.8 Å². The molecule has 0 radical (unpaired) electrons. The Morgan fingerprint density at radius 3 is 2.50 bits per heavy atom. The largest absolute Gasteiger partial charge is 0.342 e. The molecule has 1 saturated heterocycles. The number of amides is 1. The Bertz CT molecular complexity index is 470. The molecule has 2 fully saturated rings. The first-order valence-corrected chi connectivity index (χ1v) is 7.85. The number of piperidine rings is 1. The first kappa shape index (κ1) is 13.6. The number of likely N-dealkylation sites (tertiary alicyclic amines) is 1. The van der Waals surface area contributed by atoms with Gasteiger partial charge in [-0.05, 0) is 39.5 Å². The van der Waals surface area contributed by atoms with Crippen LogP contribution in [0.4, 0.5) is 0 Å². The molecule has 0 spiro atoms. The zero-order valence-corrected chi connectivity index (χ0v) is 12.5. The SMILES string of the molecule is CC(C)n1cnnc1C1CCN(C(=O)C2CCC2)CC1. The van der Waals surface area contributed by atoms with Gasteiger partial charge >= 0.3 is 0 Å². The summed E-state index contributed by atoms with van der Waals surface area (Å²) in [6.45, 7) is 6.07. The van der Waals surface area contributed by atoms with Crippen molar-refractivity contribution >= 4 is 5.91 Å². The van der Waals surface area contributed by atoms with Crippen molar-refractivity contribution in [1.29, 1.82) is 0 Å². The Kier molecular flexibility index (Phi) is 3.76. The number of carbonyl (C=O) groups excluding carboxylic acids is 1. The average molecular weight is 276 g/mol. The monoisotopic (exact) mass is 276 g/mol. The minimum absolute atomic E-state index is 0.325. The van der Waals surface area contributed by atoms with E-state index in [1.807, 2.05) is 6.33 Å². The van der Waals surface area contributed by atoms with Crippen LogP contribution < -0.4 is 0 Å². The van der Waals surface area contributed by atoms with E-state index in [1.54, 1.807) is 0 Å². The highest BCUT2D eigenvalue weighted by atomic mass is 16.2. The zero-order valence-electron chi connectivity index (χ0n) is 12.5. The van der Waals surface area contributed by atoms with Crippen LogP contribution in [0.2, 0.25) is 0 Å². The molecular weight excluding hydrogens is 252 g/mol. The van der Waals surface area contributed by atoms with E-state index in [2.05, 4.69) is 33.5 Å². The van der Waals surface area contributed by atoms with E-state index < -0.39 is 0 Å². The Balaban J connectivity index is 1.60. The van der Waals surface area contributed by atoms with Crippen LogP contribution in [-0.2, 0) is 4.79 Å². The molecule has 1 aromatic heterocycles. The number of hydrogen-bond donors (Lipinski definition) is 0. The van der Waals surface area contributed by atoms with Gasteiger partial charge in [0, 0.05) is 31.0 Å². The summed E-state index contributed by atoms with van der Waals surface area (Å²) in [7, 11) is 0. The van der Waals surface area contributed by atoms with Crippen LogP contribution in [0.25, 0.3) is 0 Å². The van der Waals surface area contributed by atoms with Gasteiger partial charge in [0.1, 0.15) is 12.2 Å². The van der Waals surface area contributed by atoms with Gasteiger partial charge in [0.05, 0.1) is 0 Å². The average Bonchev–Trinajstić information content (AvgIpc) is 2.86. The Morgan fingerprint density at radius 2 is 1.95 bits per heavy atom. The van der Waals surface area contributed by atoms with Gasteiger partial charge in [-0.1, -0.05) is 6.42 Å². The summed E-state index contributed by atoms with van der Waals surface area (Å²) < 4.78 is 2.16. The van der Waals surface area contributed by atoms with Crippen molar-refractivity contribution in [3.63, 3.8) is 0 Å². The molecular formula is C15H24N4O. The van der Waals surface area contributed by atoms with Crippen LogP contribution in [0.3, 0.4) is 0 Å². The third-order valence-electron chi connectivity index (χ3n) is 4.78. The van der Waals surface area contributed by atoms with Gasteiger partial charge in [0.15, 0.2) is 0 Å². The molecule has 5 nitrogen and oxygen atoms in total. The van der Waals surface area contributed by atoms with Crippen LogP contribution >= 0.6 is 0 Å². The first-order chi connectivity index (χ1) is 9.66. The lowest BCUT2D eigenvalue weighted by atomic mass is 9.83. The van der Waals surface area contributed by atoms with Crippen molar-refractivity contribution in [1.82, 2.24) is 19.7 Å². The Morgan fingerprint density at radius 1 is 1.25 bits per heavy atom. The van der Waals surface area contributed by atoms with Crippen molar-refractivity contribution in [3.05, 3.63) is 12.2 Å². The first-order valence-electron chi connectivity index (χ1n) is 7.85. The van der Waals surface area contributed by atoms with Gasteiger partial charge in [-0.25, -0.2) is 0 Å². The number of rotatable bonds is 3. The van der Waals surface area contributed by atoms with E-state index in [0.717, 1.165) is 44.6 Å². The van der Waals surface area contributed by atoms with Crippen LogP contribution in [0.5, 0.6) is 0 Å². The van der Waals surface area contributed by atoms with Crippen molar-refractivity contribution in [2.75, 3.05) is 13.1 Å². The molecule has 0 unspecified atom stereocenters. The summed E-state index contributed by atoms with van der Waals surface area (Å²) in [5.41, 5.74) is 0. The predicted octanol–water partition coefficient (Wildman–Crippen LogP) is 2.37. The molecule has 110 valence electrons. The van der Waals surface area contributed by atoms with Gasteiger partial charge in [0.2, 0.25) is 5.91 Å². The molecule has 0 bridgehead atoms. The van der Waals surface area contributed by atoms with Gasteiger partial charge in [-0.2, -0.15) is 0 Å². The molecule has 5 heteroatoms. The molecule has 1 aromatic rings. The summed E-state index contributed by atoms with van der Waals surface area (Å²) in [6.07, 6.45) is 7.28. The highest BCUT2D eigenvalue weighted by molar-refractivity contribution is 5.79. The van der Waals surface area contributed by atoms with E-state index >= 15 is 0 Å². The molecule has 0 N–H and O–H groups in total. The molecule has 1 aliphatic heterocycles. The van der Waals surface area contributed by atoms with Gasteiger partial charge in [-0.15, -0.1) is 10.2 Å². The van der Waals surface area contributed by atoms with E-state index in [9.17, 15) is 4.79 Å². The van der Waals surface area contributed by atoms with E-state index in [4.69, 9.17) is 0 Å². The van der Waals surface area contributed by atoms with Crippen molar-refractivity contribution in [2.24, 2.45) is 5.92 Å². The summed E-state index contributed by atoms with van der Waals surface area (Å²) in [6, 6.07) is 0.398. The van der Waals surface area contributed by atoms with Crippen LogP contribution in [0.15, 0.2) is 6.33 Å². The number of nitrogens with zero attached hydrogens (tertiary/aromatic N) is 4. The van der Waals surface area contributed by atoms with E-state index in [-0.39, 0.29) is 0 Å². The van der Waals surface area contributed by atoms with Gasteiger partial charge in [0.25, 0.3) is 0 Å². The van der Waals surface area contributed by atoms with Crippen molar-refractivity contribution in [3.8, 4) is 0 Å². The summed E-state index contributed by atoms with van der Waals surface area (Å²) in [5.74, 6) is 2.26. The summed E-state index contributed by atoms with van der Waals surface area (Å²) in [5, 5.41) is 8.36. The maximum atomic E-state index is 12.2. The van der Waals surface area contributed by atoms with Crippen LogP contribution in [0, 0.1) is 5.92 Å². The molecule has 3 rings (SSSR count). The molecule has 1 aliphatic carbocycles.